The number of aryl methyl sites for hydroxylation is 1. The number of Topliss-reactive ketones (excluding diaryl/α,β-unsaturated/α-hetero) is 1. The Bertz CT molecular complexity index is 1110. The molecule has 1 aliphatic heterocycles. The van der Waals surface area contributed by atoms with Gasteiger partial charge in [-0.1, -0.05) is 53.1 Å². The summed E-state index contributed by atoms with van der Waals surface area (Å²) in [6.07, 6.45) is 1.70. The molecule has 1 aliphatic rings. The van der Waals surface area contributed by atoms with Crippen LogP contribution >= 0.6 is 34.9 Å². The largest absolute Gasteiger partial charge is 0.288 e. The Morgan fingerprint density at radius 3 is 2.70 bits per heavy atom. The van der Waals surface area contributed by atoms with E-state index in [1.807, 2.05) is 25.1 Å². The lowest BCUT2D eigenvalue weighted by Crippen LogP contribution is -1.95. The van der Waals surface area contributed by atoms with Crippen LogP contribution in [0.15, 0.2) is 61.5 Å². The van der Waals surface area contributed by atoms with Gasteiger partial charge in [-0.15, -0.1) is 10.2 Å². The number of fused-ring (bicyclic) bond motifs is 1. The van der Waals surface area contributed by atoms with Crippen LogP contribution in [0.5, 0.6) is 0 Å². The lowest BCUT2D eigenvalue weighted by Gasteiger charge is -2.02. The van der Waals surface area contributed by atoms with E-state index in [1.165, 1.54) is 40.9 Å². The SMILES string of the molecule is Cc1nnc(Sc2ccc(C=C3Sc4ccccc4C3=O)cc2[N+](=O)[O-])s1. The first-order valence-electron chi connectivity index (χ1n) is 7.81. The summed E-state index contributed by atoms with van der Waals surface area (Å²) < 4.78 is 0.652. The number of ketones is 1. The molecule has 4 rings (SSSR count). The number of hydrogen-bond donors (Lipinski definition) is 0. The van der Waals surface area contributed by atoms with Gasteiger partial charge in [-0.05, 0) is 36.8 Å². The van der Waals surface area contributed by atoms with Crippen LogP contribution in [-0.2, 0) is 0 Å². The van der Waals surface area contributed by atoms with Crippen LogP contribution in [0, 0.1) is 17.0 Å². The maximum absolute atomic E-state index is 12.5. The summed E-state index contributed by atoms with van der Waals surface area (Å²) in [5.74, 6) is -0.0546. The third kappa shape index (κ3) is 3.66. The van der Waals surface area contributed by atoms with Crippen molar-refractivity contribution in [3.8, 4) is 0 Å². The molecule has 27 heavy (non-hydrogen) atoms. The molecule has 0 radical (unpaired) electrons. The van der Waals surface area contributed by atoms with Crippen LogP contribution in [0.1, 0.15) is 20.9 Å². The summed E-state index contributed by atoms with van der Waals surface area (Å²) in [6, 6.07) is 12.3. The number of nitrogens with zero attached hydrogens (tertiary/aromatic N) is 3. The zero-order valence-corrected chi connectivity index (χ0v) is 16.4. The molecule has 3 aromatic rings. The minimum Gasteiger partial charge on any atom is -0.288 e. The first-order chi connectivity index (χ1) is 13.0. The summed E-state index contributed by atoms with van der Waals surface area (Å²) >= 11 is 3.98. The van der Waals surface area contributed by atoms with Crippen molar-refractivity contribution >= 4 is 52.4 Å². The lowest BCUT2D eigenvalue weighted by molar-refractivity contribution is -0.387. The third-order valence-corrected chi connectivity index (χ3v) is 6.81. The highest BCUT2D eigenvalue weighted by atomic mass is 32.2. The van der Waals surface area contributed by atoms with E-state index in [4.69, 9.17) is 0 Å². The van der Waals surface area contributed by atoms with Gasteiger partial charge >= 0.3 is 0 Å². The number of rotatable bonds is 4. The van der Waals surface area contributed by atoms with Gasteiger partial charge in [0.15, 0.2) is 4.34 Å². The number of allylic oxidation sites excluding steroid dienone is 1. The Hall–Kier alpha value is -2.49. The molecule has 0 N–H and O–H groups in total. The van der Waals surface area contributed by atoms with E-state index >= 15 is 0 Å². The van der Waals surface area contributed by atoms with Crippen LogP contribution in [0.3, 0.4) is 0 Å². The molecule has 0 aliphatic carbocycles. The summed E-state index contributed by atoms with van der Waals surface area (Å²) in [5.41, 5.74) is 1.26. The summed E-state index contributed by atoms with van der Waals surface area (Å²) in [6.45, 7) is 1.83. The average molecular weight is 414 g/mol. The third-order valence-electron chi connectivity index (χ3n) is 3.76. The van der Waals surface area contributed by atoms with Crippen molar-refractivity contribution in [2.24, 2.45) is 0 Å². The van der Waals surface area contributed by atoms with E-state index in [0.717, 1.165) is 9.90 Å². The average Bonchev–Trinajstić information content (AvgIpc) is 3.20. The van der Waals surface area contributed by atoms with E-state index in [1.54, 1.807) is 24.3 Å². The van der Waals surface area contributed by atoms with Crippen LogP contribution in [0.4, 0.5) is 5.69 Å². The van der Waals surface area contributed by atoms with Gasteiger partial charge < -0.3 is 0 Å². The van der Waals surface area contributed by atoms with Gasteiger partial charge in [0.25, 0.3) is 5.69 Å². The molecule has 0 bridgehead atoms. The number of hydrogen-bond acceptors (Lipinski definition) is 8. The van der Waals surface area contributed by atoms with Gasteiger partial charge in [-0.2, -0.15) is 0 Å². The van der Waals surface area contributed by atoms with Gasteiger partial charge in [0.1, 0.15) is 5.01 Å². The fourth-order valence-corrected chi connectivity index (χ4v) is 5.46. The van der Waals surface area contributed by atoms with Crippen molar-refractivity contribution in [1.82, 2.24) is 10.2 Å². The molecule has 0 atom stereocenters. The predicted molar refractivity (Wildman–Crippen MR) is 106 cm³/mol. The van der Waals surface area contributed by atoms with E-state index in [0.29, 0.717) is 25.3 Å². The number of benzene rings is 2. The topological polar surface area (TPSA) is 86.0 Å². The van der Waals surface area contributed by atoms with Gasteiger partial charge in [-0.25, -0.2) is 0 Å². The minimum atomic E-state index is -0.420. The highest BCUT2D eigenvalue weighted by molar-refractivity contribution is 8.04. The smallest absolute Gasteiger partial charge is 0.283 e. The molecule has 134 valence electrons. The van der Waals surface area contributed by atoms with Gasteiger partial charge in [-0.3, -0.25) is 14.9 Å². The van der Waals surface area contributed by atoms with Crippen LogP contribution in [0.25, 0.3) is 6.08 Å². The van der Waals surface area contributed by atoms with Gasteiger partial charge in [0, 0.05) is 16.5 Å². The molecule has 0 unspecified atom stereocenters. The van der Waals surface area contributed by atoms with Crippen molar-refractivity contribution in [2.45, 2.75) is 21.1 Å². The Balaban J connectivity index is 1.66. The molecule has 0 spiro atoms. The van der Waals surface area contributed by atoms with Gasteiger partial charge in [0.2, 0.25) is 5.78 Å². The Morgan fingerprint density at radius 2 is 2.00 bits per heavy atom. The lowest BCUT2D eigenvalue weighted by atomic mass is 10.1. The standard InChI is InChI=1S/C18H11N3O3S3/c1-10-19-20-18(25-10)27-15-7-6-11(8-13(15)21(23)24)9-16-17(22)12-4-2-3-5-14(12)26-16/h2-9H,1H3. The molecule has 0 fully saturated rings. The summed E-state index contributed by atoms with van der Waals surface area (Å²) in [7, 11) is 0. The summed E-state index contributed by atoms with van der Waals surface area (Å²) in [5, 5.41) is 20.2. The van der Waals surface area contributed by atoms with E-state index in [-0.39, 0.29) is 11.5 Å². The number of nitro benzene ring substituents is 1. The Labute approximate surface area is 166 Å². The second kappa shape index (κ2) is 7.26. The molecule has 9 heteroatoms. The summed E-state index contributed by atoms with van der Waals surface area (Å²) in [4.78, 5) is 25.5. The van der Waals surface area contributed by atoms with Crippen molar-refractivity contribution in [1.29, 1.82) is 0 Å². The van der Waals surface area contributed by atoms with E-state index < -0.39 is 4.92 Å². The molecule has 6 nitrogen and oxygen atoms in total. The molecular weight excluding hydrogens is 402 g/mol. The Kier molecular flexibility index (Phi) is 4.81. The van der Waals surface area contributed by atoms with Crippen molar-refractivity contribution in [2.75, 3.05) is 0 Å². The van der Waals surface area contributed by atoms with Gasteiger partial charge in [0.05, 0.1) is 14.7 Å². The second-order valence-electron chi connectivity index (χ2n) is 5.61. The number of thioether (sulfide) groups is 1. The zero-order chi connectivity index (χ0) is 19.0. The molecule has 0 saturated heterocycles. The maximum Gasteiger partial charge on any atom is 0.283 e. The highest BCUT2D eigenvalue weighted by Crippen LogP contribution is 2.41. The van der Waals surface area contributed by atoms with E-state index in [9.17, 15) is 14.9 Å². The highest BCUT2D eigenvalue weighted by Gasteiger charge is 2.25. The minimum absolute atomic E-state index is 0.0184. The van der Waals surface area contributed by atoms with Crippen LogP contribution < -0.4 is 0 Å². The predicted octanol–water partition coefficient (Wildman–Crippen LogP) is 5.24. The molecule has 2 heterocycles. The zero-order valence-electron chi connectivity index (χ0n) is 13.9. The number of carbonyl (C=O) groups is 1. The number of carbonyl (C=O) groups excluding carboxylic acids is 1. The fourth-order valence-electron chi connectivity index (χ4n) is 2.55. The molecule has 2 aromatic carbocycles. The molecule has 0 saturated carbocycles. The first-order valence-corrected chi connectivity index (χ1v) is 10.3. The normalized spacial score (nSPS) is 14.6. The quantitative estimate of drug-likeness (QED) is 0.328. The number of aromatic nitrogens is 2. The molecular formula is C18H11N3O3S3. The van der Waals surface area contributed by atoms with Crippen molar-refractivity contribution in [3.05, 3.63) is 73.6 Å². The first kappa shape index (κ1) is 17.9. The van der Waals surface area contributed by atoms with Crippen LogP contribution in [-0.4, -0.2) is 20.9 Å². The molecule has 1 aromatic heterocycles. The fraction of sp³-hybridized carbons (Fsp3) is 0.0556. The van der Waals surface area contributed by atoms with E-state index in [2.05, 4.69) is 10.2 Å². The second-order valence-corrected chi connectivity index (χ2v) is 9.16. The van der Waals surface area contributed by atoms with Crippen LogP contribution in [0.2, 0.25) is 0 Å². The molecule has 0 amide bonds. The Morgan fingerprint density at radius 1 is 1.19 bits per heavy atom. The van der Waals surface area contributed by atoms with Crippen molar-refractivity contribution < 1.29 is 9.72 Å². The monoisotopic (exact) mass is 413 g/mol. The maximum atomic E-state index is 12.5. The number of nitro groups is 1. The van der Waals surface area contributed by atoms with Crippen molar-refractivity contribution in [3.63, 3.8) is 0 Å².